The van der Waals surface area contributed by atoms with Crippen LogP contribution in [0.2, 0.25) is 0 Å². The molecule has 1 N–H and O–H groups in total. The van der Waals surface area contributed by atoms with Crippen molar-refractivity contribution in [2.45, 2.75) is 23.4 Å². The van der Waals surface area contributed by atoms with Gasteiger partial charge in [0.25, 0.3) is 0 Å². The summed E-state index contributed by atoms with van der Waals surface area (Å²) in [6.45, 7) is 2.07. The zero-order valence-electron chi connectivity index (χ0n) is 15.7. The number of aryl methyl sites for hydroxylation is 1. The molecule has 2 heterocycles. The second kappa shape index (κ2) is 8.63. The molecule has 7 heteroatoms. The Kier molecular flexibility index (Phi) is 5.78. The maximum absolute atomic E-state index is 12.4. The third-order valence-corrected chi connectivity index (χ3v) is 6.41. The highest BCUT2D eigenvalue weighted by molar-refractivity contribution is 8.00. The molecular weight excluding hydrogens is 404 g/mol. The van der Waals surface area contributed by atoms with Gasteiger partial charge in [0.2, 0.25) is 5.91 Å². The smallest absolute Gasteiger partial charge is 0.360 e. The second-order valence-electron chi connectivity index (χ2n) is 6.59. The van der Waals surface area contributed by atoms with Gasteiger partial charge < -0.3 is 9.73 Å². The molecule has 0 spiro atoms. The van der Waals surface area contributed by atoms with Crippen LogP contribution in [0.5, 0.6) is 0 Å². The Morgan fingerprint density at radius 2 is 1.97 bits per heavy atom. The minimum atomic E-state index is -0.565. The number of nitrogens with one attached hydrogen (secondary N) is 1. The summed E-state index contributed by atoms with van der Waals surface area (Å²) in [5, 5.41) is 5.27. The van der Waals surface area contributed by atoms with Gasteiger partial charge >= 0.3 is 5.63 Å². The number of rotatable bonds is 6. The molecule has 0 unspecified atom stereocenters. The fourth-order valence-corrected chi connectivity index (χ4v) is 4.57. The van der Waals surface area contributed by atoms with Crippen molar-refractivity contribution >= 4 is 45.7 Å². The molecule has 1 amide bonds. The molecule has 146 valence electrons. The van der Waals surface area contributed by atoms with Crippen LogP contribution in [0.1, 0.15) is 16.8 Å². The number of carbonyl (C=O) groups is 1. The van der Waals surface area contributed by atoms with Crippen LogP contribution in [-0.4, -0.2) is 10.9 Å². The summed E-state index contributed by atoms with van der Waals surface area (Å²) >= 11 is 3.16. The van der Waals surface area contributed by atoms with Crippen LogP contribution in [0.25, 0.3) is 11.0 Å². The van der Waals surface area contributed by atoms with Crippen molar-refractivity contribution in [3.8, 4) is 0 Å². The summed E-state index contributed by atoms with van der Waals surface area (Å²) in [5.74, 6) is 0.533. The number of carbonyl (C=O) groups excluding carboxylic acids is 1. The molecule has 2 aromatic carbocycles. The summed E-state index contributed by atoms with van der Waals surface area (Å²) in [5.41, 5.74) is 3.22. The van der Waals surface area contributed by atoms with E-state index in [1.807, 2.05) is 17.5 Å². The highest BCUT2D eigenvalue weighted by Crippen LogP contribution is 2.26. The molecule has 4 rings (SSSR count). The second-order valence-corrected chi connectivity index (χ2v) is 8.67. The summed E-state index contributed by atoms with van der Waals surface area (Å²) in [7, 11) is 0. The predicted molar refractivity (Wildman–Crippen MR) is 118 cm³/mol. The van der Waals surface area contributed by atoms with Crippen LogP contribution in [0.3, 0.4) is 0 Å². The summed E-state index contributed by atoms with van der Waals surface area (Å²) in [6.07, 6.45) is 0.105. The molecule has 29 heavy (non-hydrogen) atoms. The van der Waals surface area contributed by atoms with Gasteiger partial charge in [-0.2, -0.15) is 0 Å². The molecule has 0 aliphatic carbocycles. The molecule has 0 aliphatic heterocycles. The number of thioether (sulfide) groups is 1. The molecule has 0 radical (unpaired) electrons. The van der Waals surface area contributed by atoms with E-state index >= 15 is 0 Å². The van der Waals surface area contributed by atoms with Crippen LogP contribution < -0.4 is 10.9 Å². The Hall–Kier alpha value is -2.90. The lowest BCUT2D eigenvalue weighted by atomic mass is 10.2. The summed E-state index contributed by atoms with van der Waals surface area (Å²) < 4.78 is 6.16. The first-order valence-corrected chi connectivity index (χ1v) is 10.9. The Balaban J connectivity index is 1.37. The maximum Gasteiger partial charge on any atom is 0.360 e. The largest absolute Gasteiger partial charge is 0.421 e. The quantitative estimate of drug-likeness (QED) is 0.348. The number of para-hydroxylation sites is 1. The Labute approximate surface area is 175 Å². The van der Waals surface area contributed by atoms with Crippen molar-refractivity contribution in [1.82, 2.24) is 4.98 Å². The molecule has 0 aliphatic rings. The van der Waals surface area contributed by atoms with Crippen molar-refractivity contribution in [1.29, 1.82) is 0 Å². The third kappa shape index (κ3) is 4.93. The standard InChI is InChI=1S/C22H18N2O3S2/c1-14-6-8-15(9-7-14)12-28-22-23-17(13-29-22)11-20(25)24-18-10-16-4-2-3-5-19(16)27-21(18)26/h2-10,13H,11-12H2,1H3,(H,24,25). The first-order valence-electron chi connectivity index (χ1n) is 9.02. The van der Waals surface area contributed by atoms with Crippen molar-refractivity contribution in [2.75, 3.05) is 5.32 Å². The summed E-state index contributed by atoms with van der Waals surface area (Å²) in [6, 6.07) is 17.2. The van der Waals surface area contributed by atoms with E-state index in [0.717, 1.165) is 15.5 Å². The number of hydrogen-bond acceptors (Lipinski definition) is 6. The number of amides is 1. The Bertz CT molecular complexity index is 1210. The van der Waals surface area contributed by atoms with Gasteiger partial charge in [-0.3, -0.25) is 4.79 Å². The minimum Gasteiger partial charge on any atom is -0.421 e. The topological polar surface area (TPSA) is 72.2 Å². The van der Waals surface area contributed by atoms with E-state index < -0.39 is 5.63 Å². The lowest BCUT2D eigenvalue weighted by Gasteiger charge is -2.04. The number of thiazole rings is 1. The van der Waals surface area contributed by atoms with Crippen molar-refractivity contribution in [3.05, 3.63) is 87.2 Å². The highest BCUT2D eigenvalue weighted by Gasteiger charge is 2.12. The van der Waals surface area contributed by atoms with Crippen molar-refractivity contribution in [3.63, 3.8) is 0 Å². The van der Waals surface area contributed by atoms with Gasteiger partial charge in [0, 0.05) is 16.5 Å². The number of nitrogens with zero attached hydrogens (tertiary/aromatic N) is 1. The molecule has 0 fully saturated rings. The van der Waals surface area contributed by atoms with Crippen molar-refractivity contribution < 1.29 is 9.21 Å². The lowest BCUT2D eigenvalue weighted by molar-refractivity contribution is -0.115. The molecule has 4 aromatic rings. The van der Waals surface area contributed by atoms with E-state index in [4.69, 9.17) is 4.42 Å². The van der Waals surface area contributed by atoms with E-state index in [0.29, 0.717) is 11.3 Å². The van der Waals surface area contributed by atoms with E-state index in [-0.39, 0.29) is 18.0 Å². The average Bonchev–Trinajstić information content (AvgIpc) is 3.15. The zero-order valence-corrected chi connectivity index (χ0v) is 17.3. The van der Waals surface area contributed by atoms with Gasteiger partial charge in [0.05, 0.1) is 12.1 Å². The van der Waals surface area contributed by atoms with E-state index in [2.05, 4.69) is 41.5 Å². The van der Waals surface area contributed by atoms with E-state index in [9.17, 15) is 9.59 Å². The molecule has 0 saturated heterocycles. The summed E-state index contributed by atoms with van der Waals surface area (Å²) in [4.78, 5) is 28.9. The molecule has 5 nitrogen and oxygen atoms in total. The fourth-order valence-electron chi connectivity index (χ4n) is 2.77. The van der Waals surface area contributed by atoms with Crippen LogP contribution in [0.4, 0.5) is 5.69 Å². The third-order valence-electron chi connectivity index (χ3n) is 4.27. The SMILES string of the molecule is Cc1ccc(CSc2nc(CC(=O)Nc3cc4ccccc4oc3=O)cs2)cc1. The van der Waals surface area contributed by atoms with Gasteiger partial charge in [-0.25, -0.2) is 9.78 Å². The average molecular weight is 423 g/mol. The molecule has 0 atom stereocenters. The predicted octanol–water partition coefficient (Wildman–Crippen LogP) is 5.03. The Morgan fingerprint density at radius 1 is 1.17 bits per heavy atom. The normalized spacial score (nSPS) is 10.9. The van der Waals surface area contributed by atoms with Gasteiger partial charge in [-0.15, -0.1) is 11.3 Å². The minimum absolute atomic E-state index is 0.105. The number of aromatic nitrogens is 1. The lowest BCUT2D eigenvalue weighted by Crippen LogP contribution is -2.19. The highest BCUT2D eigenvalue weighted by atomic mass is 32.2. The van der Waals surface area contributed by atoms with Crippen molar-refractivity contribution in [2.24, 2.45) is 0 Å². The van der Waals surface area contributed by atoms with Crippen LogP contribution in [0, 0.1) is 6.92 Å². The van der Waals surface area contributed by atoms with Gasteiger partial charge in [0.1, 0.15) is 15.6 Å². The first kappa shape index (κ1) is 19.4. The molecule has 0 saturated carbocycles. The monoisotopic (exact) mass is 422 g/mol. The van der Waals surface area contributed by atoms with E-state index in [1.165, 1.54) is 22.5 Å². The van der Waals surface area contributed by atoms with Crippen LogP contribution in [0.15, 0.2) is 73.5 Å². The molecular formula is C22H18N2O3S2. The van der Waals surface area contributed by atoms with Gasteiger partial charge in [0.15, 0.2) is 0 Å². The maximum atomic E-state index is 12.4. The van der Waals surface area contributed by atoms with E-state index in [1.54, 1.807) is 30.0 Å². The van der Waals surface area contributed by atoms with Crippen LogP contribution in [-0.2, 0) is 17.0 Å². The number of benzene rings is 2. The fraction of sp³-hybridized carbons (Fsp3) is 0.136. The van der Waals surface area contributed by atoms with Crippen LogP contribution >= 0.6 is 23.1 Å². The Morgan fingerprint density at radius 3 is 2.79 bits per heavy atom. The van der Waals surface area contributed by atoms with Gasteiger partial charge in [-0.1, -0.05) is 59.8 Å². The number of anilines is 1. The zero-order chi connectivity index (χ0) is 20.2. The first-order chi connectivity index (χ1) is 14.1. The van der Waals surface area contributed by atoms with Gasteiger partial charge in [-0.05, 0) is 24.6 Å². The number of fused-ring (bicyclic) bond motifs is 1. The number of hydrogen-bond donors (Lipinski definition) is 1. The molecule has 2 aromatic heterocycles. The molecule has 0 bridgehead atoms.